The first-order valence-electron chi connectivity index (χ1n) is 8.72. The van der Waals surface area contributed by atoms with Crippen LogP contribution in [0.25, 0.3) is 0 Å². The van der Waals surface area contributed by atoms with Crippen molar-refractivity contribution in [2.75, 3.05) is 6.61 Å². The molecule has 1 fully saturated rings. The van der Waals surface area contributed by atoms with E-state index < -0.39 is 26.2 Å². The lowest BCUT2D eigenvalue weighted by Gasteiger charge is -2.36. The van der Waals surface area contributed by atoms with Gasteiger partial charge in [-0.3, -0.25) is 0 Å². The summed E-state index contributed by atoms with van der Waals surface area (Å²) in [6, 6.07) is 2.53. The second kappa shape index (κ2) is 8.98. The molecule has 0 aromatic heterocycles. The third-order valence-electron chi connectivity index (χ3n) is 4.13. The van der Waals surface area contributed by atoms with E-state index in [9.17, 15) is 0 Å². The van der Waals surface area contributed by atoms with Gasteiger partial charge in [0.15, 0.2) is 8.32 Å². The fraction of sp³-hybridized carbons (Fsp3) is 1.00. The van der Waals surface area contributed by atoms with Crippen molar-refractivity contribution in [3.8, 4) is 0 Å². The van der Waals surface area contributed by atoms with Crippen molar-refractivity contribution in [1.29, 1.82) is 0 Å². The average Bonchev–Trinajstić information content (AvgIpc) is 2.36. The summed E-state index contributed by atoms with van der Waals surface area (Å²) >= 11 is 0. The van der Waals surface area contributed by atoms with Crippen LogP contribution in [0.1, 0.15) is 46.0 Å². The van der Waals surface area contributed by atoms with E-state index >= 15 is 0 Å². The van der Waals surface area contributed by atoms with E-state index in [0.29, 0.717) is 0 Å². The molecule has 0 aromatic rings. The Bertz CT molecular complexity index is 300. The molecule has 0 amide bonds. The third kappa shape index (κ3) is 8.66. The van der Waals surface area contributed by atoms with Gasteiger partial charge in [-0.05, 0) is 50.6 Å². The van der Waals surface area contributed by atoms with Crippen LogP contribution in [-0.2, 0) is 12.7 Å². The van der Waals surface area contributed by atoms with Gasteiger partial charge in [-0.25, -0.2) is 0 Å². The molecule has 0 aromatic carbocycles. The lowest BCUT2D eigenvalue weighted by molar-refractivity contribution is 0.260. The van der Waals surface area contributed by atoms with Crippen molar-refractivity contribution in [3.63, 3.8) is 0 Å². The van der Waals surface area contributed by atoms with Crippen molar-refractivity contribution in [2.45, 2.75) is 84.2 Å². The molecular weight excluding hydrogens is 312 g/mol. The van der Waals surface area contributed by atoms with Crippen LogP contribution in [0, 0.1) is 5.92 Å². The van der Waals surface area contributed by atoms with Crippen LogP contribution in [0.2, 0.25) is 38.3 Å². The van der Waals surface area contributed by atoms with Crippen LogP contribution >= 0.6 is 0 Å². The summed E-state index contributed by atoms with van der Waals surface area (Å²) in [7, 11) is -5.08. The molecule has 126 valence electrons. The number of rotatable bonds is 6. The Labute approximate surface area is 136 Å². The van der Waals surface area contributed by atoms with Crippen molar-refractivity contribution in [3.05, 3.63) is 0 Å². The lowest BCUT2D eigenvalue weighted by Crippen LogP contribution is -2.49. The molecule has 1 heterocycles. The van der Waals surface area contributed by atoms with Crippen LogP contribution < -0.4 is 0 Å². The second-order valence-electron chi connectivity index (χ2n) is 7.60. The van der Waals surface area contributed by atoms with E-state index in [2.05, 4.69) is 40.0 Å². The predicted molar refractivity (Wildman–Crippen MR) is 97.8 cm³/mol. The van der Waals surface area contributed by atoms with E-state index in [4.69, 9.17) is 12.7 Å². The van der Waals surface area contributed by atoms with Gasteiger partial charge in [0.1, 0.15) is 0 Å². The quantitative estimate of drug-likeness (QED) is 0.510. The molecule has 21 heavy (non-hydrogen) atoms. The first kappa shape index (κ1) is 19.6. The maximum Gasteiger partial charge on any atom is 0.312 e. The highest BCUT2D eigenvalue weighted by atomic mass is 28.5. The zero-order chi connectivity index (χ0) is 15.9. The Hall–Kier alpha value is 0.531. The summed E-state index contributed by atoms with van der Waals surface area (Å²) in [4.78, 5) is 0. The molecule has 2 atom stereocenters. The summed E-state index contributed by atoms with van der Waals surface area (Å²) in [5, 5.41) is 0. The van der Waals surface area contributed by atoms with Crippen LogP contribution in [-0.4, -0.2) is 32.8 Å². The first-order valence-corrected chi connectivity index (χ1v) is 16.5. The van der Waals surface area contributed by atoms with Crippen LogP contribution in [0.3, 0.4) is 0 Å². The fourth-order valence-electron chi connectivity index (χ4n) is 3.20. The fourth-order valence-corrected chi connectivity index (χ4v) is 15.5. The summed E-state index contributed by atoms with van der Waals surface area (Å²) in [6.45, 7) is 14.5. The zero-order valence-electron chi connectivity index (χ0n) is 15.0. The van der Waals surface area contributed by atoms with Crippen LogP contribution in [0.4, 0.5) is 0 Å². The monoisotopic (exact) mass is 348 g/mol. The standard InChI is InChI=1S/C15H36O3Si3/c1-15(2)11-8-7-9-13-21(6)14-10-12-16-19(3)17-20(4,5)18-21/h15,19H,7-14H2,1-6H3. The lowest BCUT2D eigenvalue weighted by atomic mass is 10.1. The molecule has 1 rings (SSSR count). The first-order chi connectivity index (χ1) is 9.72. The van der Waals surface area contributed by atoms with Gasteiger partial charge >= 0.3 is 17.8 Å². The summed E-state index contributed by atoms with van der Waals surface area (Å²) in [5.41, 5.74) is 0. The summed E-state index contributed by atoms with van der Waals surface area (Å²) in [5.74, 6) is 0.835. The second-order valence-corrected chi connectivity index (χ2v) is 17.5. The minimum absolute atomic E-state index is 0.835. The highest BCUT2D eigenvalue weighted by Gasteiger charge is 2.39. The Kier molecular flexibility index (Phi) is 8.37. The van der Waals surface area contributed by atoms with Crippen molar-refractivity contribution in [2.24, 2.45) is 5.92 Å². The zero-order valence-corrected chi connectivity index (χ0v) is 18.2. The van der Waals surface area contributed by atoms with E-state index in [0.717, 1.165) is 18.9 Å². The molecule has 1 aliphatic rings. The van der Waals surface area contributed by atoms with Crippen molar-refractivity contribution < 1.29 is 12.7 Å². The normalized spacial score (nSPS) is 30.7. The third-order valence-corrected chi connectivity index (χ3v) is 15.2. The minimum Gasteiger partial charge on any atom is -0.436 e. The molecular formula is C15H36O3Si3. The molecule has 0 spiro atoms. The molecule has 0 N–H and O–H groups in total. The molecule has 0 aliphatic carbocycles. The molecule has 3 nitrogen and oxygen atoms in total. The van der Waals surface area contributed by atoms with Gasteiger partial charge in [-0.2, -0.15) is 0 Å². The molecule has 1 saturated heterocycles. The van der Waals surface area contributed by atoms with Gasteiger partial charge in [0.05, 0.1) is 0 Å². The molecule has 0 radical (unpaired) electrons. The van der Waals surface area contributed by atoms with Crippen molar-refractivity contribution >= 4 is 26.2 Å². The van der Waals surface area contributed by atoms with Crippen LogP contribution in [0.5, 0.6) is 0 Å². The van der Waals surface area contributed by atoms with Gasteiger partial charge in [0.2, 0.25) is 0 Å². The summed E-state index contributed by atoms with van der Waals surface area (Å²) < 4.78 is 18.7. The Morgan fingerprint density at radius 3 is 2.48 bits per heavy atom. The number of hydrogen-bond donors (Lipinski definition) is 0. The molecule has 0 bridgehead atoms. The highest BCUT2D eigenvalue weighted by Crippen LogP contribution is 2.29. The van der Waals surface area contributed by atoms with E-state index in [1.807, 2.05) is 0 Å². The minimum atomic E-state index is -1.99. The SMILES string of the molecule is CC(C)CCCCC[Si]1(C)CCCO[SiH](C)O[Si](C)(C)O1. The molecule has 6 heteroatoms. The number of hydrogen-bond acceptors (Lipinski definition) is 3. The predicted octanol–water partition coefficient (Wildman–Crippen LogP) is 4.78. The van der Waals surface area contributed by atoms with Crippen LogP contribution in [0.15, 0.2) is 0 Å². The van der Waals surface area contributed by atoms with Gasteiger partial charge in [-0.15, -0.1) is 0 Å². The Morgan fingerprint density at radius 2 is 1.81 bits per heavy atom. The van der Waals surface area contributed by atoms with Gasteiger partial charge in [0, 0.05) is 6.61 Å². The number of unbranched alkanes of at least 4 members (excludes halogenated alkanes) is 2. The molecule has 2 unspecified atom stereocenters. The molecule has 1 aliphatic heterocycles. The molecule has 0 saturated carbocycles. The van der Waals surface area contributed by atoms with Gasteiger partial charge < -0.3 is 12.7 Å². The largest absolute Gasteiger partial charge is 0.436 e. The van der Waals surface area contributed by atoms with Gasteiger partial charge in [0.25, 0.3) is 0 Å². The smallest absolute Gasteiger partial charge is 0.312 e. The highest BCUT2D eigenvalue weighted by molar-refractivity contribution is 6.84. The maximum atomic E-state index is 6.65. The average molecular weight is 349 g/mol. The van der Waals surface area contributed by atoms with Crippen molar-refractivity contribution in [1.82, 2.24) is 0 Å². The van der Waals surface area contributed by atoms with E-state index in [1.165, 1.54) is 37.8 Å². The topological polar surface area (TPSA) is 27.7 Å². The van der Waals surface area contributed by atoms with E-state index in [1.54, 1.807) is 0 Å². The van der Waals surface area contributed by atoms with E-state index in [-0.39, 0.29) is 0 Å². The Morgan fingerprint density at radius 1 is 1.10 bits per heavy atom. The Balaban J connectivity index is 2.47. The summed E-state index contributed by atoms with van der Waals surface area (Å²) in [6.07, 6.45) is 6.56. The maximum absolute atomic E-state index is 6.65. The van der Waals surface area contributed by atoms with Gasteiger partial charge in [-0.1, -0.05) is 39.5 Å².